The van der Waals surface area contributed by atoms with Gasteiger partial charge in [-0.2, -0.15) is 0 Å². The number of rotatable bonds is 5. The highest BCUT2D eigenvalue weighted by Gasteiger charge is 2.43. The molecule has 0 saturated carbocycles. The molecule has 0 spiro atoms. The molecule has 1 atom stereocenters. The summed E-state index contributed by atoms with van der Waals surface area (Å²) in [5.41, 5.74) is 5.46. The molecule has 3 aromatic carbocycles. The number of carboxylic acids is 1. The monoisotopic (exact) mass is 422 g/mol. The van der Waals surface area contributed by atoms with Crippen molar-refractivity contribution in [1.29, 1.82) is 0 Å². The van der Waals surface area contributed by atoms with E-state index in [1.165, 1.54) is 12.1 Å². The van der Waals surface area contributed by atoms with Crippen LogP contribution in [0.15, 0.2) is 60.7 Å². The normalized spacial score (nSPS) is 17.0. The van der Waals surface area contributed by atoms with E-state index in [1.54, 1.807) is 6.07 Å². The van der Waals surface area contributed by atoms with Crippen molar-refractivity contribution >= 4 is 5.97 Å². The van der Waals surface area contributed by atoms with E-state index >= 15 is 8.78 Å². The number of aryl methyl sites for hydroxylation is 3. The first-order chi connectivity index (χ1) is 14.7. The summed E-state index contributed by atoms with van der Waals surface area (Å²) in [4.78, 5) is 10.8. The van der Waals surface area contributed by atoms with Crippen molar-refractivity contribution in [3.63, 3.8) is 0 Å². The molecule has 1 heterocycles. The Morgan fingerprint density at radius 3 is 2.48 bits per heavy atom. The third-order valence-electron chi connectivity index (χ3n) is 5.80. The molecule has 0 saturated heterocycles. The van der Waals surface area contributed by atoms with E-state index in [4.69, 9.17) is 9.84 Å². The minimum atomic E-state index is -3.06. The Balaban J connectivity index is 1.65. The van der Waals surface area contributed by atoms with Crippen LogP contribution in [0.4, 0.5) is 8.78 Å². The van der Waals surface area contributed by atoms with Crippen molar-refractivity contribution in [2.45, 2.75) is 45.1 Å². The molecule has 3 aromatic rings. The van der Waals surface area contributed by atoms with E-state index in [0.717, 1.165) is 22.3 Å². The molecule has 1 aliphatic heterocycles. The maximum atomic E-state index is 15.1. The summed E-state index contributed by atoms with van der Waals surface area (Å²) in [7, 11) is 0. The first-order valence-corrected chi connectivity index (χ1v) is 10.3. The second-order valence-electron chi connectivity index (χ2n) is 8.13. The lowest BCUT2D eigenvalue weighted by Crippen LogP contribution is -2.27. The van der Waals surface area contributed by atoms with Crippen LogP contribution >= 0.6 is 0 Å². The predicted molar refractivity (Wildman–Crippen MR) is 116 cm³/mol. The van der Waals surface area contributed by atoms with Gasteiger partial charge in [-0.3, -0.25) is 4.79 Å². The lowest BCUT2D eigenvalue weighted by atomic mass is 9.90. The highest BCUT2D eigenvalue weighted by molar-refractivity contribution is 5.71. The van der Waals surface area contributed by atoms with Gasteiger partial charge < -0.3 is 9.84 Å². The van der Waals surface area contributed by atoms with Crippen molar-refractivity contribution < 1.29 is 23.4 Å². The Morgan fingerprint density at radius 2 is 1.77 bits per heavy atom. The number of fused-ring (bicyclic) bond motifs is 1. The molecule has 0 aromatic heterocycles. The van der Waals surface area contributed by atoms with Crippen molar-refractivity contribution in [2.75, 3.05) is 0 Å². The van der Waals surface area contributed by atoms with E-state index in [-0.39, 0.29) is 24.2 Å². The van der Waals surface area contributed by atoms with Gasteiger partial charge in [-0.15, -0.1) is 0 Å². The standard InChI is InChI=1S/C26H24F2O3/c1-16-5-3-6-17(2)25(16)20-8-4-7-19(14-20)23-15-26(27,28)21-13-18(10-12-24(29)30)9-11-22(21)31-23/h3-9,11,13-14,23H,10,12,15H2,1-2H3,(H,29,30). The highest BCUT2D eigenvalue weighted by Crippen LogP contribution is 2.48. The topological polar surface area (TPSA) is 46.5 Å². The third-order valence-corrected chi connectivity index (χ3v) is 5.80. The first kappa shape index (κ1) is 21.0. The molecular formula is C26H24F2O3. The molecule has 5 heteroatoms. The second kappa shape index (κ2) is 8.14. The van der Waals surface area contributed by atoms with Crippen LogP contribution in [0.5, 0.6) is 5.75 Å². The fourth-order valence-electron chi connectivity index (χ4n) is 4.26. The molecule has 0 radical (unpaired) electrons. The number of halogens is 2. The van der Waals surface area contributed by atoms with Gasteiger partial charge in [-0.25, -0.2) is 8.78 Å². The molecule has 1 aliphatic rings. The molecule has 0 bridgehead atoms. The van der Waals surface area contributed by atoms with Crippen molar-refractivity contribution in [3.8, 4) is 16.9 Å². The minimum Gasteiger partial charge on any atom is -0.485 e. The summed E-state index contributed by atoms with van der Waals surface area (Å²) in [6.45, 7) is 4.08. The predicted octanol–water partition coefficient (Wildman–Crippen LogP) is 6.60. The lowest BCUT2D eigenvalue weighted by Gasteiger charge is -2.33. The zero-order valence-electron chi connectivity index (χ0n) is 17.5. The van der Waals surface area contributed by atoms with Gasteiger partial charge in [0.15, 0.2) is 0 Å². The highest BCUT2D eigenvalue weighted by atomic mass is 19.3. The van der Waals surface area contributed by atoms with E-state index < -0.39 is 24.4 Å². The van der Waals surface area contributed by atoms with E-state index in [2.05, 4.69) is 0 Å². The number of carbonyl (C=O) groups is 1. The van der Waals surface area contributed by atoms with Gasteiger partial charge in [0, 0.05) is 6.42 Å². The molecule has 1 unspecified atom stereocenters. The van der Waals surface area contributed by atoms with E-state index in [1.807, 2.05) is 56.3 Å². The van der Waals surface area contributed by atoms with Gasteiger partial charge in [0.1, 0.15) is 11.9 Å². The number of alkyl halides is 2. The lowest BCUT2D eigenvalue weighted by molar-refractivity contribution is -0.136. The number of benzene rings is 3. The van der Waals surface area contributed by atoms with Crippen LogP contribution in [0.1, 0.15) is 46.8 Å². The molecule has 31 heavy (non-hydrogen) atoms. The average Bonchev–Trinajstić information content (AvgIpc) is 2.72. The summed E-state index contributed by atoms with van der Waals surface area (Å²) in [5, 5.41) is 8.84. The average molecular weight is 422 g/mol. The maximum absolute atomic E-state index is 15.1. The fraction of sp³-hybridized carbons (Fsp3) is 0.269. The number of carboxylic acid groups (broad SMARTS) is 1. The molecule has 0 amide bonds. The molecular weight excluding hydrogens is 398 g/mol. The van der Waals surface area contributed by atoms with Gasteiger partial charge in [-0.05, 0) is 71.8 Å². The molecule has 0 aliphatic carbocycles. The Kier molecular flexibility index (Phi) is 5.52. The summed E-state index contributed by atoms with van der Waals surface area (Å²) in [6.07, 6.45) is -1.12. The van der Waals surface area contributed by atoms with Crippen molar-refractivity contribution in [2.24, 2.45) is 0 Å². The first-order valence-electron chi connectivity index (χ1n) is 10.3. The Labute approximate surface area is 180 Å². The summed E-state index contributed by atoms with van der Waals surface area (Å²) < 4.78 is 36.1. The smallest absolute Gasteiger partial charge is 0.303 e. The number of hydrogen-bond acceptors (Lipinski definition) is 2. The third kappa shape index (κ3) is 4.31. The fourth-order valence-corrected chi connectivity index (χ4v) is 4.26. The molecule has 4 rings (SSSR count). The molecule has 3 nitrogen and oxygen atoms in total. The van der Waals surface area contributed by atoms with Crippen LogP contribution in [0, 0.1) is 13.8 Å². The number of hydrogen-bond donors (Lipinski definition) is 1. The van der Waals surface area contributed by atoms with Crippen LogP contribution in [-0.2, 0) is 17.1 Å². The van der Waals surface area contributed by atoms with Gasteiger partial charge >= 0.3 is 5.97 Å². The number of ether oxygens (including phenoxy) is 1. The quantitative estimate of drug-likeness (QED) is 0.504. The van der Waals surface area contributed by atoms with E-state index in [9.17, 15) is 4.79 Å². The summed E-state index contributed by atoms with van der Waals surface area (Å²) >= 11 is 0. The SMILES string of the molecule is Cc1cccc(C)c1-c1cccc(C2CC(F)(F)c3cc(CCC(=O)O)ccc3O2)c1. The van der Waals surface area contributed by atoms with E-state index in [0.29, 0.717) is 11.1 Å². The van der Waals surface area contributed by atoms with Crippen LogP contribution in [-0.4, -0.2) is 11.1 Å². The Bertz CT molecular complexity index is 1120. The van der Waals surface area contributed by atoms with Crippen molar-refractivity contribution in [3.05, 3.63) is 88.5 Å². The second-order valence-corrected chi connectivity index (χ2v) is 8.13. The zero-order valence-corrected chi connectivity index (χ0v) is 17.5. The van der Waals surface area contributed by atoms with Crippen LogP contribution < -0.4 is 4.74 Å². The van der Waals surface area contributed by atoms with Gasteiger partial charge in [0.05, 0.1) is 12.0 Å². The Hall–Kier alpha value is -3.21. The van der Waals surface area contributed by atoms with Gasteiger partial charge in [0.2, 0.25) is 0 Å². The van der Waals surface area contributed by atoms with Gasteiger partial charge in [-0.1, -0.05) is 42.5 Å². The van der Waals surface area contributed by atoms with Crippen LogP contribution in [0.2, 0.25) is 0 Å². The molecule has 0 fully saturated rings. The zero-order chi connectivity index (χ0) is 22.2. The van der Waals surface area contributed by atoms with Gasteiger partial charge in [0.25, 0.3) is 5.92 Å². The summed E-state index contributed by atoms with van der Waals surface area (Å²) in [5.74, 6) is -3.87. The molecule has 1 N–H and O–H groups in total. The Morgan fingerprint density at radius 1 is 1.06 bits per heavy atom. The minimum absolute atomic E-state index is 0.0983. The maximum Gasteiger partial charge on any atom is 0.303 e. The number of aliphatic carboxylic acids is 1. The summed E-state index contributed by atoms with van der Waals surface area (Å²) in [6, 6.07) is 18.3. The van der Waals surface area contributed by atoms with Crippen LogP contribution in [0.25, 0.3) is 11.1 Å². The largest absolute Gasteiger partial charge is 0.485 e. The molecule has 160 valence electrons. The van der Waals surface area contributed by atoms with Crippen molar-refractivity contribution in [1.82, 2.24) is 0 Å². The van der Waals surface area contributed by atoms with Crippen LogP contribution in [0.3, 0.4) is 0 Å².